The Morgan fingerprint density at radius 3 is 1.65 bits per heavy atom. The number of aliphatic hydroxyl groups excluding tert-OH is 1. The van der Waals surface area contributed by atoms with Gasteiger partial charge in [0.2, 0.25) is 70.9 Å². The van der Waals surface area contributed by atoms with Crippen LogP contribution >= 0.6 is 25.3 Å². The molecule has 107 heavy (non-hydrogen) atoms. The number of likely N-dealkylation sites (N-methyl/N-ethyl adjacent to an activating group) is 2. The number of hydrogen-bond donors (Lipinski definition) is 19. The summed E-state index contributed by atoms with van der Waals surface area (Å²) in [6.07, 6.45) is -0.857. The quantitative estimate of drug-likeness (QED) is 0.0111. The zero-order valence-electron chi connectivity index (χ0n) is 61.2. The van der Waals surface area contributed by atoms with E-state index >= 15 is 0 Å². The molecular weight excluding hydrogens is 1430 g/mol. The Labute approximate surface area is 632 Å². The first-order valence-electron chi connectivity index (χ1n) is 34.8. The zero-order valence-corrected chi connectivity index (χ0v) is 63.0. The van der Waals surface area contributed by atoms with Crippen LogP contribution in [0.25, 0.3) is 0 Å². The number of carboxylic acids is 1. The Morgan fingerprint density at radius 1 is 0.607 bits per heavy atom. The van der Waals surface area contributed by atoms with Crippen molar-refractivity contribution in [2.75, 3.05) is 59.1 Å². The maximum Gasteiger partial charge on any atom is 0.327 e. The number of carbonyl (C=O) groups excluding carboxylic acids is 12. The van der Waals surface area contributed by atoms with Gasteiger partial charge in [-0.25, -0.2) is 4.79 Å². The highest BCUT2D eigenvalue weighted by Crippen LogP contribution is 2.23. The molecule has 37 heteroatoms. The zero-order chi connectivity index (χ0) is 79.8. The lowest BCUT2D eigenvalue weighted by molar-refractivity contribution is -0.146. The van der Waals surface area contributed by atoms with Crippen molar-refractivity contribution >= 4 is 114 Å². The molecule has 1 saturated heterocycles. The summed E-state index contributed by atoms with van der Waals surface area (Å²) in [5, 5.41) is 53.4. The van der Waals surface area contributed by atoms with Crippen molar-refractivity contribution < 1.29 is 77.6 Å². The summed E-state index contributed by atoms with van der Waals surface area (Å²) in [6, 6.07) is 9.40. The van der Waals surface area contributed by atoms with Crippen LogP contribution in [-0.2, 0) is 81.6 Å². The van der Waals surface area contributed by atoms with Crippen LogP contribution < -0.4 is 76.5 Å². The van der Waals surface area contributed by atoms with Gasteiger partial charge in [0.15, 0.2) is 11.9 Å². The lowest BCUT2D eigenvalue weighted by atomic mass is 9.99. The molecule has 12 amide bonds. The summed E-state index contributed by atoms with van der Waals surface area (Å²) in [4.78, 5) is 191. The van der Waals surface area contributed by atoms with E-state index in [1.165, 1.54) is 51.9 Å². The Balaban J connectivity index is 1.48. The fourth-order valence-corrected chi connectivity index (χ4v) is 11.7. The molecule has 0 radical (unpaired) electrons. The van der Waals surface area contributed by atoms with Crippen LogP contribution in [0.5, 0.6) is 5.75 Å². The third kappa shape index (κ3) is 30.6. The molecule has 1 fully saturated rings. The number of nitrogens with one attached hydrogen (secondary N) is 9. The predicted molar refractivity (Wildman–Crippen MR) is 404 cm³/mol. The molecule has 0 spiro atoms. The lowest BCUT2D eigenvalue weighted by Crippen LogP contribution is -2.63. The van der Waals surface area contributed by atoms with E-state index in [1.807, 2.05) is 0 Å². The number of aliphatic imine (C=N–C) groups is 2. The number of guanidine groups is 2. The van der Waals surface area contributed by atoms with E-state index in [-0.39, 0.29) is 100 Å². The van der Waals surface area contributed by atoms with Crippen LogP contribution in [0.2, 0.25) is 0 Å². The van der Waals surface area contributed by atoms with Gasteiger partial charge in [0.05, 0.1) is 31.8 Å². The van der Waals surface area contributed by atoms with E-state index in [4.69, 9.17) is 28.7 Å². The highest BCUT2D eigenvalue weighted by Gasteiger charge is 2.42. The van der Waals surface area contributed by atoms with Crippen LogP contribution in [0.1, 0.15) is 96.3 Å². The molecule has 3 aromatic carbocycles. The fourth-order valence-electron chi connectivity index (χ4n) is 11.2. The lowest BCUT2D eigenvalue weighted by Gasteiger charge is -2.33. The number of likely N-dealkylation sites (tertiary alicyclic amines) is 1. The fraction of sp³-hybridized carbons (Fsp3) is 0.529. The summed E-state index contributed by atoms with van der Waals surface area (Å²) in [6.45, 7) is 5.86. The van der Waals surface area contributed by atoms with Crippen LogP contribution in [0, 0.1) is 5.92 Å². The SMILES string of the molecule is CC(C)C[C@@H](C(=O)N[C@@H](Cc1ccc(O)cc1)C(=O)N1CCC[C@H]1C(=O)N[C@@H](CS)C(=O)O)N(C)C(=O)CN(C)C(=O)CNC(=O)[C@H](Cc1ccccc1)NC(=O)[C@H](CCCN=C(N)N)NC(=O)CNC(=O)[C@@H](NC(=O)[C@@H](NC(=O)[C@H](Cc1ccccc1)NC(=O)[C@@H](N)CCCN=C(N)N)C(C)(C)S)[C@@H](C)O. The van der Waals surface area contributed by atoms with Crippen molar-refractivity contribution in [1.82, 2.24) is 62.6 Å². The number of aliphatic hydroxyl groups is 1. The van der Waals surface area contributed by atoms with E-state index in [1.54, 1.807) is 86.6 Å². The first-order valence-corrected chi connectivity index (χ1v) is 35.9. The highest BCUT2D eigenvalue weighted by molar-refractivity contribution is 7.81. The molecular formula is C70H105N19O16S2. The van der Waals surface area contributed by atoms with E-state index in [2.05, 4.69) is 83.1 Å². The van der Waals surface area contributed by atoms with Crippen LogP contribution in [0.3, 0.4) is 0 Å². The molecule has 1 aliphatic heterocycles. The van der Waals surface area contributed by atoms with E-state index in [0.717, 1.165) is 9.80 Å². The van der Waals surface area contributed by atoms with Gasteiger partial charge in [0, 0.05) is 63.5 Å². The normalized spacial score (nSPS) is 15.4. The van der Waals surface area contributed by atoms with Crippen molar-refractivity contribution in [2.45, 2.75) is 170 Å². The second kappa shape index (κ2) is 44.0. The van der Waals surface area contributed by atoms with Gasteiger partial charge in [-0.2, -0.15) is 25.3 Å². The number of nitrogens with zero attached hydrogens (tertiary/aromatic N) is 5. The van der Waals surface area contributed by atoms with Gasteiger partial charge in [-0.15, -0.1) is 0 Å². The molecule has 0 aliphatic carbocycles. The van der Waals surface area contributed by atoms with Crippen molar-refractivity contribution in [2.24, 2.45) is 44.6 Å². The molecule has 35 nitrogen and oxygen atoms in total. The minimum Gasteiger partial charge on any atom is -0.508 e. The molecule has 11 atom stereocenters. The van der Waals surface area contributed by atoms with Gasteiger partial charge in [0.1, 0.15) is 60.1 Å². The number of carbonyl (C=O) groups is 13. The first-order chi connectivity index (χ1) is 50.4. The molecule has 3 aromatic rings. The van der Waals surface area contributed by atoms with Crippen molar-refractivity contribution in [3.8, 4) is 5.75 Å². The minimum atomic E-state index is -1.77. The van der Waals surface area contributed by atoms with Crippen molar-refractivity contribution in [3.63, 3.8) is 0 Å². The average Bonchev–Trinajstić information content (AvgIpc) is 1.29. The topological polar surface area (TPSA) is 555 Å². The maximum atomic E-state index is 14.5. The Morgan fingerprint density at radius 2 is 1.12 bits per heavy atom. The summed E-state index contributed by atoms with van der Waals surface area (Å²) >= 11 is 8.60. The first kappa shape index (κ1) is 89.1. The summed E-state index contributed by atoms with van der Waals surface area (Å²) in [5.74, 6) is -12.2. The number of phenols is 1. The smallest absolute Gasteiger partial charge is 0.327 e. The number of phenolic OH excluding ortho intramolecular Hbond substituents is 1. The van der Waals surface area contributed by atoms with Crippen molar-refractivity contribution in [1.29, 1.82) is 0 Å². The van der Waals surface area contributed by atoms with Gasteiger partial charge < -0.3 is 107 Å². The second-order valence-electron chi connectivity index (χ2n) is 27.0. The number of thiol groups is 2. The summed E-state index contributed by atoms with van der Waals surface area (Å²) in [7, 11) is 2.62. The Hall–Kier alpha value is -10.3. The molecule has 1 heterocycles. The predicted octanol–water partition coefficient (Wildman–Crippen LogP) is -4.09. The van der Waals surface area contributed by atoms with Crippen molar-refractivity contribution in [3.05, 3.63) is 102 Å². The molecule has 0 unspecified atom stereocenters. The molecule has 4 rings (SSSR count). The number of rotatable bonds is 43. The van der Waals surface area contributed by atoms with Gasteiger partial charge in [-0.3, -0.25) is 67.5 Å². The molecule has 588 valence electrons. The van der Waals surface area contributed by atoms with Crippen LogP contribution in [0.15, 0.2) is 94.9 Å². The number of amides is 12. The molecule has 0 aromatic heterocycles. The third-order valence-corrected chi connectivity index (χ3v) is 17.8. The molecule has 0 bridgehead atoms. The summed E-state index contributed by atoms with van der Waals surface area (Å²) in [5.41, 5.74) is 29.8. The number of carboxylic acid groups (broad SMARTS) is 1. The second-order valence-corrected chi connectivity index (χ2v) is 28.5. The van der Waals surface area contributed by atoms with E-state index in [0.29, 0.717) is 29.5 Å². The van der Waals surface area contributed by atoms with Crippen LogP contribution in [0.4, 0.5) is 0 Å². The van der Waals surface area contributed by atoms with Gasteiger partial charge in [-0.1, -0.05) is 86.6 Å². The van der Waals surface area contributed by atoms with Gasteiger partial charge in [-0.05, 0) is 100 Å². The molecule has 1 aliphatic rings. The average molecular weight is 1530 g/mol. The van der Waals surface area contributed by atoms with E-state index < -0.39 is 168 Å². The van der Waals surface area contributed by atoms with Gasteiger partial charge in [0.25, 0.3) is 0 Å². The standard InChI is InChI=1S/C70H105N19O16S2/c1-39(2)31-52(63(100)83-49(34-43-24-26-44(91)27-25-43)66(103)89-30-16-23-51(89)62(99)84-50(38-106)67(104)105)88(7)55(94)37-87(6)54(93)36-79-59(96)47(32-41-17-10-8-11-18-41)82-60(97)46(22-15-29-77-69(74)75)80-53(92)35-78-64(101)56(40(3)90)85-65(102)57(70(4,5)107)86-61(98)48(33-42-19-12-9-13-20-42)81-58(95)45(71)21-14-28-76-68(72)73/h8-13,17-20,24-27,39-40,45-52,56-57,90-91,106-107H,14-16,21-23,28-38,71H2,1-7H3,(H,78,101)(H,79,96)(H,80,92)(H,81,95)(H,82,97)(H,83,100)(H,84,99)(H,85,102)(H,86,98)(H,104,105)(H4,72,73,76)(H4,74,75,77)/t40-,45+,46+,47+,48+,49+,50+,51+,52+,56+,57-/m1/s1. The third-order valence-electron chi connectivity index (χ3n) is 17.2. The number of benzene rings is 3. The molecule has 22 N–H and O–H groups in total. The Kier molecular flexibility index (Phi) is 36.6. The monoisotopic (exact) mass is 1530 g/mol. The number of aliphatic carboxylic acids is 1. The Bertz CT molecular complexity index is 3580. The largest absolute Gasteiger partial charge is 0.508 e. The number of nitrogens with two attached hydrogens (primary N) is 5. The highest BCUT2D eigenvalue weighted by atomic mass is 32.1. The van der Waals surface area contributed by atoms with Gasteiger partial charge >= 0.3 is 5.97 Å². The number of hydrogen-bond acceptors (Lipinski definition) is 20. The minimum absolute atomic E-state index is 0.0192. The van der Waals surface area contributed by atoms with E-state index in [9.17, 15) is 77.6 Å². The van der Waals surface area contributed by atoms with Crippen LogP contribution in [-0.4, -0.2) is 249 Å². The summed E-state index contributed by atoms with van der Waals surface area (Å²) < 4.78 is -1.37. The molecule has 0 saturated carbocycles. The number of aromatic hydroxyl groups is 1. The maximum absolute atomic E-state index is 14.5.